The van der Waals surface area contributed by atoms with E-state index in [4.69, 9.17) is 4.99 Å². The van der Waals surface area contributed by atoms with E-state index in [0.29, 0.717) is 6.04 Å². The standard InChI is InChI=1S/C21H33N7/c1-2-22-21(23-12-6-7-13-27-17-25-26-18-27)24-15-20-11-8-14-28(20)16-19-9-4-3-5-10-19/h3-5,9-10,17-18,20H,2,6-8,11-16H2,1H3,(H2,22,23,24). The van der Waals surface area contributed by atoms with E-state index in [9.17, 15) is 0 Å². The van der Waals surface area contributed by atoms with Crippen molar-refractivity contribution in [2.75, 3.05) is 26.2 Å². The fourth-order valence-electron chi connectivity index (χ4n) is 3.63. The van der Waals surface area contributed by atoms with Crippen LogP contribution in [0.25, 0.3) is 0 Å². The second-order valence-electron chi connectivity index (χ2n) is 7.31. The van der Waals surface area contributed by atoms with Crippen LogP contribution in [0.1, 0.15) is 38.2 Å². The molecule has 2 aromatic rings. The first-order valence-corrected chi connectivity index (χ1v) is 10.5. The maximum atomic E-state index is 4.86. The van der Waals surface area contributed by atoms with Gasteiger partial charge in [-0.25, -0.2) is 0 Å². The summed E-state index contributed by atoms with van der Waals surface area (Å²) in [6, 6.07) is 11.3. The predicted octanol–water partition coefficient (Wildman–Crippen LogP) is 2.28. The zero-order valence-electron chi connectivity index (χ0n) is 16.9. The van der Waals surface area contributed by atoms with E-state index in [1.807, 2.05) is 4.57 Å². The second-order valence-corrected chi connectivity index (χ2v) is 7.31. The van der Waals surface area contributed by atoms with Gasteiger partial charge in [0.1, 0.15) is 12.7 Å². The number of aliphatic imine (C=N–C) groups is 1. The number of hydrogen-bond acceptors (Lipinski definition) is 4. The number of nitrogens with zero attached hydrogens (tertiary/aromatic N) is 5. The van der Waals surface area contributed by atoms with Crippen molar-refractivity contribution in [1.82, 2.24) is 30.3 Å². The van der Waals surface area contributed by atoms with E-state index in [-0.39, 0.29) is 0 Å². The van der Waals surface area contributed by atoms with Gasteiger partial charge in [-0.15, -0.1) is 10.2 Å². The van der Waals surface area contributed by atoms with Gasteiger partial charge in [0.2, 0.25) is 0 Å². The van der Waals surface area contributed by atoms with Crippen molar-refractivity contribution in [3.8, 4) is 0 Å². The molecule has 1 unspecified atom stereocenters. The van der Waals surface area contributed by atoms with Gasteiger partial charge in [-0.3, -0.25) is 9.89 Å². The van der Waals surface area contributed by atoms with Crippen molar-refractivity contribution in [1.29, 1.82) is 0 Å². The van der Waals surface area contributed by atoms with Crippen molar-refractivity contribution in [2.24, 2.45) is 4.99 Å². The molecule has 0 bridgehead atoms. The van der Waals surface area contributed by atoms with E-state index in [1.165, 1.54) is 24.9 Å². The number of aryl methyl sites for hydroxylation is 1. The minimum Gasteiger partial charge on any atom is -0.357 e. The third-order valence-corrected chi connectivity index (χ3v) is 5.13. The molecule has 0 amide bonds. The number of unbranched alkanes of at least 4 members (excludes halogenated alkanes) is 1. The molecule has 1 aromatic heterocycles. The molecule has 1 saturated heterocycles. The highest BCUT2D eigenvalue weighted by atomic mass is 15.2. The lowest BCUT2D eigenvalue weighted by molar-refractivity contribution is 0.250. The van der Waals surface area contributed by atoms with Crippen molar-refractivity contribution in [3.05, 3.63) is 48.5 Å². The van der Waals surface area contributed by atoms with Crippen LogP contribution in [0.3, 0.4) is 0 Å². The van der Waals surface area contributed by atoms with Crippen LogP contribution in [0.2, 0.25) is 0 Å². The van der Waals surface area contributed by atoms with Crippen LogP contribution < -0.4 is 10.6 Å². The first kappa shape index (κ1) is 20.3. The van der Waals surface area contributed by atoms with Crippen LogP contribution in [-0.2, 0) is 13.1 Å². The molecule has 0 saturated carbocycles. The first-order chi connectivity index (χ1) is 13.8. The van der Waals surface area contributed by atoms with Gasteiger partial charge in [0.05, 0.1) is 6.54 Å². The number of aromatic nitrogens is 3. The largest absolute Gasteiger partial charge is 0.357 e. The van der Waals surface area contributed by atoms with Gasteiger partial charge in [-0.2, -0.15) is 0 Å². The van der Waals surface area contributed by atoms with Crippen LogP contribution in [0.4, 0.5) is 0 Å². The summed E-state index contributed by atoms with van der Waals surface area (Å²) in [5, 5.41) is 14.5. The highest BCUT2D eigenvalue weighted by Gasteiger charge is 2.24. The highest BCUT2D eigenvalue weighted by Crippen LogP contribution is 2.20. The van der Waals surface area contributed by atoms with Crippen LogP contribution in [-0.4, -0.2) is 57.8 Å². The molecule has 0 spiro atoms. The molecule has 1 fully saturated rings. The molecule has 152 valence electrons. The monoisotopic (exact) mass is 383 g/mol. The van der Waals surface area contributed by atoms with Gasteiger partial charge >= 0.3 is 0 Å². The first-order valence-electron chi connectivity index (χ1n) is 10.5. The van der Waals surface area contributed by atoms with Gasteiger partial charge in [0.25, 0.3) is 0 Å². The molecular weight excluding hydrogens is 350 g/mol. The number of benzene rings is 1. The quantitative estimate of drug-likeness (QED) is 0.374. The zero-order chi connectivity index (χ0) is 19.4. The average molecular weight is 384 g/mol. The molecule has 7 nitrogen and oxygen atoms in total. The van der Waals surface area contributed by atoms with Crippen LogP contribution in [0, 0.1) is 0 Å². The Balaban J connectivity index is 1.42. The van der Waals surface area contributed by atoms with Crippen molar-refractivity contribution in [2.45, 2.75) is 51.7 Å². The van der Waals surface area contributed by atoms with Crippen LogP contribution >= 0.6 is 0 Å². The second kappa shape index (κ2) is 11.4. The lowest BCUT2D eigenvalue weighted by Crippen LogP contribution is -2.39. The molecule has 1 aromatic carbocycles. The average Bonchev–Trinajstić information content (AvgIpc) is 3.39. The fourth-order valence-corrected chi connectivity index (χ4v) is 3.63. The normalized spacial score (nSPS) is 17.8. The van der Waals surface area contributed by atoms with Gasteiger partial charge in [0.15, 0.2) is 5.96 Å². The Bertz CT molecular complexity index is 684. The summed E-state index contributed by atoms with van der Waals surface area (Å²) in [5.41, 5.74) is 1.39. The number of likely N-dealkylation sites (tertiary alicyclic amines) is 1. The SMILES string of the molecule is CCNC(=NCC1CCCN1Cc1ccccc1)NCCCCn1cnnc1. The van der Waals surface area contributed by atoms with E-state index >= 15 is 0 Å². The molecule has 7 heteroatoms. The molecule has 1 aliphatic rings. The molecule has 1 atom stereocenters. The molecule has 0 radical (unpaired) electrons. The summed E-state index contributed by atoms with van der Waals surface area (Å²) in [6.45, 7) is 7.91. The van der Waals surface area contributed by atoms with E-state index in [2.05, 4.69) is 63.0 Å². The molecular formula is C21H33N7. The van der Waals surface area contributed by atoms with E-state index in [1.54, 1.807) is 12.7 Å². The molecule has 28 heavy (non-hydrogen) atoms. The third kappa shape index (κ3) is 6.64. The number of rotatable bonds is 10. The highest BCUT2D eigenvalue weighted by molar-refractivity contribution is 5.79. The van der Waals surface area contributed by atoms with Crippen LogP contribution in [0.5, 0.6) is 0 Å². The number of guanidine groups is 1. The molecule has 3 rings (SSSR count). The van der Waals surface area contributed by atoms with Crippen molar-refractivity contribution in [3.63, 3.8) is 0 Å². The minimum atomic E-state index is 0.532. The molecule has 2 N–H and O–H groups in total. The smallest absolute Gasteiger partial charge is 0.191 e. The third-order valence-electron chi connectivity index (χ3n) is 5.13. The van der Waals surface area contributed by atoms with Crippen molar-refractivity contribution < 1.29 is 0 Å². The maximum absolute atomic E-state index is 4.86. The molecule has 0 aliphatic carbocycles. The Kier molecular flexibility index (Phi) is 8.30. The Morgan fingerprint density at radius 1 is 1.14 bits per heavy atom. The summed E-state index contributed by atoms with van der Waals surface area (Å²) in [4.78, 5) is 7.43. The van der Waals surface area contributed by atoms with Gasteiger partial charge in [0, 0.05) is 32.2 Å². The Morgan fingerprint density at radius 2 is 1.96 bits per heavy atom. The lowest BCUT2D eigenvalue weighted by Gasteiger charge is -2.23. The summed E-state index contributed by atoms with van der Waals surface area (Å²) >= 11 is 0. The predicted molar refractivity (Wildman–Crippen MR) is 113 cm³/mol. The van der Waals surface area contributed by atoms with E-state index in [0.717, 1.165) is 51.5 Å². The number of nitrogens with one attached hydrogen (secondary N) is 2. The molecule has 2 heterocycles. The van der Waals surface area contributed by atoms with Gasteiger partial charge in [-0.05, 0) is 44.7 Å². The van der Waals surface area contributed by atoms with Crippen LogP contribution in [0.15, 0.2) is 48.0 Å². The van der Waals surface area contributed by atoms with Gasteiger partial charge in [-0.1, -0.05) is 30.3 Å². The van der Waals surface area contributed by atoms with Crippen molar-refractivity contribution >= 4 is 5.96 Å². The summed E-state index contributed by atoms with van der Waals surface area (Å²) in [5.74, 6) is 0.929. The Hall–Kier alpha value is -2.41. The topological polar surface area (TPSA) is 70.4 Å². The summed E-state index contributed by atoms with van der Waals surface area (Å²) < 4.78 is 2.01. The van der Waals surface area contributed by atoms with Gasteiger partial charge < -0.3 is 15.2 Å². The Morgan fingerprint density at radius 3 is 2.75 bits per heavy atom. The summed E-state index contributed by atoms with van der Waals surface area (Å²) in [7, 11) is 0. The maximum Gasteiger partial charge on any atom is 0.191 e. The molecule has 1 aliphatic heterocycles. The van der Waals surface area contributed by atoms with E-state index < -0.39 is 0 Å². The minimum absolute atomic E-state index is 0.532. The fraction of sp³-hybridized carbons (Fsp3) is 0.571. The summed E-state index contributed by atoms with van der Waals surface area (Å²) in [6.07, 6.45) is 8.21. The zero-order valence-corrected chi connectivity index (χ0v) is 16.9. The Labute approximate surface area is 168 Å². The lowest BCUT2D eigenvalue weighted by atomic mass is 10.2. The number of hydrogen-bond donors (Lipinski definition) is 2.